The van der Waals surface area contributed by atoms with Crippen molar-refractivity contribution in [3.05, 3.63) is 29.8 Å². The van der Waals surface area contributed by atoms with Crippen LogP contribution >= 0.6 is 0 Å². The van der Waals surface area contributed by atoms with Gasteiger partial charge in [0.2, 0.25) is 0 Å². The molecule has 1 rings (SSSR count). The highest BCUT2D eigenvalue weighted by molar-refractivity contribution is 5.47. The van der Waals surface area contributed by atoms with Crippen LogP contribution in [0.4, 0.5) is 5.69 Å². The fourth-order valence-electron chi connectivity index (χ4n) is 0.720. The van der Waals surface area contributed by atoms with Crippen molar-refractivity contribution in [1.82, 2.24) is 0 Å². The van der Waals surface area contributed by atoms with Crippen molar-refractivity contribution in [2.24, 2.45) is 0 Å². The maximum absolute atomic E-state index is 5.04. The SMILES string of the molecule is C#CNc1ccc(C)cc1. The summed E-state index contributed by atoms with van der Waals surface area (Å²) in [6, 6.07) is 10.3. The third-order valence-electron chi connectivity index (χ3n) is 1.27. The Bertz CT molecular complexity index is 240. The number of terminal acetylenes is 1. The lowest BCUT2D eigenvalue weighted by Gasteiger charge is -1.96. The van der Waals surface area contributed by atoms with E-state index >= 15 is 0 Å². The van der Waals surface area contributed by atoms with E-state index in [0.29, 0.717) is 0 Å². The first kappa shape index (κ1) is 6.70. The fraction of sp³-hybridized carbons (Fsp3) is 0.111. The summed E-state index contributed by atoms with van der Waals surface area (Å²) in [7, 11) is 0. The Labute approximate surface area is 61.1 Å². The van der Waals surface area contributed by atoms with Crippen LogP contribution in [0.25, 0.3) is 0 Å². The highest BCUT2D eigenvalue weighted by Crippen LogP contribution is 2.06. The Morgan fingerprint density at radius 2 is 1.90 bits per heavy atom. The molecule has 0 saturated carbocycles. The van der Waals surface area contributed by atoms with E-state index in [1.54, 1.807) is 0 Å². The van der Waals surface area contributed by atoms with Crippen molar-refractivity contribution in [2.75, 3.05) is 5.32 Å². The Hall–Kier alpha value is -1.42. The van der Waals surface area contributed by atoms with Gasteiger partial charge in [-0.25, -0.2) is 0 Å². The molecule has 0 aliphatic heterocycles. The predicted molar refractivity (Wildman–Crippen MR) is 43.6 cm³/mol. The average Bonchev–Trinajstić information content (AvgIpc) is 1.95. The second-order valence-corrected chi connectivity index (χ2v) is 2.14. The Morgan fingerprint density at radius 1 is 1.30 bits per heavy atom. The average molecular weight is 131 g/mol. The van der Waals surface area contributed by atoms with Crippen molar-refractivity contribution in [2.45, 2.75) is 6.92 Å². The van der Waals surface area contributed by atoms with Crippen LogP contribution in [-0.4, -0.2) is 0 Å². The molecule has 1 N–H and O–H groups in total. The molecule has 0 heterocycles. The van der Waals surface area contributed by atoms with E-state index < -0.39 is 0 Å². The van der Waals surface area contributed by atoms with Crippen LogP contribution in [0.15, 0.2) is 24.3 Å². The maximum atomic E-state index is 5.04. The minimum absolute atomic E-state index is 0.966. The molecule has 0 atom stereocenters. The molecule has 0 radical (unpaired) electrons. The van der Waals surface area contributed by atoms with Gasteiger partial charge in [-0.15, -0.1) is 0 Å². The van der Waals surface area contributed by atoms with Gasteiger partial charge in [0.15, 0.2) is 0 Å². The zero-order chi connectivity index (χ0) is 7.40. The third kappa shape index (κ3) is 1.53. The lowest BCUT2D eigenvalue weighted by molar-refractivity contribution is 1.47. The van der Waals surface area contributed by atoms with Crippen LogP contribution in [0.5, 0.6) is 0 Å². The first-order valence-corrected chi connectivity index (χ1v) is 3.11. The van der Waals surface area contributed by atoms with Gasteiger partial charge in [-0.1, -0.05) is 24.1 Å². The van der Waals surface area contributed by atoms with Crippen LogP contribution in [0.1, 0.15) is 5.56 Å². The summed E-state index contributed by atoms with van der Waals surface area (Å²) in [5, 5.41) is 2.76. The van der Waals surface area contributed by atoms with Gasteiger partial charge in [0.05, 0.1) is 0 Å². The molecule has 0 fully saturated rings. The molecule has 0 unspecified atom stereocenters. The third-order valence-corrected chi connectivity index (χ3v) is 1.27. The summed E-state index contributed by atoms with van der Waals surface area (Å²) >= 11 is 0. The first-order valence-electron chi connectivity index (χ1n) is 3.11. The van der Waals surface area contributed by atoms with Crippen molar-refractivity contribution in [3.8, 4) is 12.5 Å². The van der Waals surface area contributed by atoms with E-state index in [2.05, 4.69) is 11.4 Å². The molecule has 0 spiro atoms. The van der Waals surface area contributed by atoms with Gasteiger partial charge < -0.3 is 5.32 Å². The molecule has 0 aliphatic carbocycles. The Balaban J connectivity index is 2.81. The molecule has 0 aliphatic rings. The largest absolute Gasteiger partial charge is 0.315 e. The zero-order valence-electron chi connectivity index (χ0n) is 5.89. The van der Waals surface area contributed by atoms with Gasteiger partial charge in [0.25, 0.3) is 0 Å². The van der Waals surface area contributed by atoms with Crippen molar-refractivity contribution in [1.29, 1.82) is 0 Å². The summed E-state index contributed by atoms with van der Waals surface area (Å²) in [5.74, 6) is 0. The molecule has 1 aromatic carbocycles. The molecule has 0 saturated heterocycles. The van der Waals surface area contributed by atoms with Gasteiger partial charge in [0.1, 0.15) is 0 Å². The number of hydrogen-bond donors (Lipinski definition) is 1. The van der Waals surface area contributed by atoms with E-state index in [1.165, 1.54) is 5.56 Å². The number of aryl methyl sites for hydroxylation is 1. The van der Waals surface area contributed by atoms with E-state index in [1.807, 2.05) is 31.2 Å². The number of anilines is 1. The van der Waals surface area contributed by atoms with Gasteiger partial charge in [-0.05, 0) is 19.1 Å². The summed E-state index contributed by atoms with van der Waals surface area (Å²) < 4.78 is 0. The smallest absolute Gasteiger partial charge is 0.0459 e. The second-order valence-electron chi connectivity index (χ2n) is 2.14. The standard InChI is InChI=1S/C9H9N/c1-3-10-9-6-4-8(2)5-7-9/h1,4-7,10H,2H3. The zero-order valence-corrected chi connectivity index (χ0v) is 5.89. The number of rotatable bonds is 1. The minimum Gasteiger partial charge on any atom is -0.315 e. The highest BCUT2D eigenvalue weighted by Gasteiger charge is 1.85. The molecular weight excluding hydrogens is 122 g/mol. The number of benzene rings is 1. The normalized spacial score (nSPS) is 8.40. The van der Waals surface area contributed by atoms with Gasteiger partial charge in [-0.3, -0.25) is 0 Å². The molecule has 1 heteroatoms. The van der Waals surface area contributed by atoms with Crippen molar-refractivity contribution in [3.63, 3.8) is 0 Å². The quantitative estimate of drug-likeness (QED) is 0.454. The van der Waals surface area contributed by atoms with E-state index in [9.17, 15) is 0 Å². The van der Waals surface area contributed by atoms with Crippen LogP contribution in [-0.2, 0) is 0 Å². The van der Waals surface area contributed by atoms with Crippen molar-refractivity contribution >= 4 is 5.69 Å². The molecule has 10 heavy (non-hydrogen) atoms. The first-order chi connectivity index (χ1) is 4.83. The van der Waals surface area contributed by atoms with E-state index in [0.717, 1.165) is 5.69 Å². The lowest BCUT2D eigenvalue weighted by Crippen LogP contribution is -1.85. The second kappa shape index (κ2) is 2.93. The van der Waals surface area contributed by atoms with Crippen LogP contribution in [0.2, 0.25) is 0 Å². The van der Waals surface area contributed by atoms with Crippen molar-refractivity contribution < 1.29 is 0 Å². The molecule has 0 bridgehead atoms. The van der Waals surface area contributed by atoms with Crippen LogP contribution in [0.3, 0.4) is 0 Å². The van der Waals surface area contributed by atoms with Crippen LogP contribution in [0, 0.1) is 19.4 Å². The molecule has 1 aromatic rings. The van der Waals surface area contributed by atoms with Crippen LogP contribution < -0.4 is 5.32 Å². The monoisotopic (exact) mass is 131 g/mol. The summed E-state index contributed by atoms with van der Waals surface area (Å²) in [6.45, 7) is 2.04. The topological polar surface area (TPSA) is 12.0 Å². The number of hydrogen-bond acceptors (Lipinski definition) is 1. The van der Waals surface area contributed by atoms with Gasteiger partial charge in [0, 0.05) is 11.7 Å². The Morgan fingerprint density at radius 3 is 2.40 bits per heavy atom. The molecule has 0 amide bonds. The maximum Gasteiger partial charge on any atom is 0.0459 e. The Kier molecular flexibility index (Phi) is 1.96. The molecule has 1 nitrogen and oxygen atoms in total. The summed E-state index contributed by atoms with van der Waals surface area (Å²) in [6.07, 6.45) is 5.04. The van der Waals surface area contributed by atoms with E-state index in [-0.39, 0.29) is 0 Å². The van der Waals surface area contributed by atoms with Gasteiger partial charge in [-0.2, -0.15) is 0 Å². The lowest BCUT2D eigenvalue weighted by atomic mass is 10.2. The predicted octanol–water partition coefficient (Wildman–Crippen LogP) is 2.00. The molecule has 50 valence electrons. The number of nitrogens with one attached hydrogen (secondary N) is 1. The summed E-state index contributed by atoms with van der Waals surface area (Å²) in [5.41, 5.74) is 2.20. The summed E-state index contributed by atoms with van der Waals surface area (Å²) in [4.78, 5) is 0. The van der Waals surface area contributed by atoms with Gasteiger partial charge >= 0.3 is 0 Å². The van der Waals surface area contributed by atoms with E-state index in [4.69, 9.17) is 6.42 Å². The minimum atomic E-state index is 0.966. The molecule has 0 aromatic heterocycles. The highest BCUT2D eigenvalue weighted by atomic mass is 14.8. The molecular formula is C9H9N. The fourth-order valence-corrected chi connectivity index (χ4v) is 0.720.